The molecule has 0 spiro atoms. The average Bonchev–Trinajstić information content (AvgIpc) is 3.59. The summed E-state index contributed by atoms with van der Waals surface area (Å²) in [5, 5.41) is 7.13. The molecule has 13 heteroatoms. The van der Waals surface area contributed by atoms with Crippen molar-refractivity contribution in [1.82, 2.24) is 14.9 Å². The number of nitrogens with one attached hydrogen (secondary N) is 2. The number of amides is 2. The van der Waals surface area contributed by atoms with Crippen molar-refractivity contribution < 1.29 is 22.8 Å². The number of hydrogen-bond donors (Lipinski definition) is 3. The van der Waals surface area contributed by atoms with E-state index in [1.807, 2.05) is 23.9 Å². The number of aryl methyl sites for hydroxylation is 1. The van der Waals surface area contributed by atoms with Crippen molar-refractivity contribution in [3.05, 3.63) is 70.4 Å². The summed E-state index contributed by atoms with van der Waals surface area (Å²) in [7, 11) is 3.87. The molecule has 0 bridgehead atoms. The smallest absolute Gasteiger partial charge is 0.382 e. The van der Waals surface area contributed by atoms with Gasteiger partial charge in [-0.05, 0) is 63.3 Å². The number of likely N-dealkylation sites (N-methyl/N-ethyl adjacent to an activating group) is 1. The summed E-state index contributed by atoms with van der Waals surface area (Å²) in [6.07, 6.45) is -2.52. The van der Waals surface area contributed by atoms with Gasteiger partial charge in [-0.3, -0.25) is 9.59 Å². The number of nitrogens with zero attached hydrogens (tertiary/aromatic N) is 4. The second-order valence-electron chi connectivity index (χ2n) is 10.1. The van der Waals surface area contributed by atoms with Crippen LogP contribution in [-0.4, -0.2) is 59.9 Å². The van der Waals surface area contributed by atoms with Gasteiger partial charge in [-0.15, -0.1) is 11.3 Å². The fourth-order valence-electron chi connectivity index (χ4n) is 4.74. The van der Waals surface area contributed by atoms with Gasteiger partial charge in [-0.2, -0.15) is 13.2 Å². The Bertz CT molecular complexity index is 1640. The zero-order chi connectivity index (χ0) is 29.5. The van der Waals surface area contributed by atoms with Crippen molar-refractivity contribution >= 4 is 56.2 Å². The van der Waals surface area contributed by atoms with Gasteiger partial charge < -0.3 is 26.2 Å². The molecule has 3 heterocycles. The predicted octanol–water partition coefficient (Wildman–Crippen LogP) is 5.25. The summed E-state index contributed by atoms with van der Waals surface area (Å²) in [5.41, 5.74) is 7.42. The molecule has 1 unspecified atom stereocenters. The number of hydrogen-bond acceptors (Lipinski definition) is 8. The minimum atomic E-state index is -4.62. The van der Waals surface area contributed by atoms with Crippen LogP contribution in [-0.2, 0) is 6.18 Å². The normalized spacial score (nSPS) is 15.5. The molecule has 2 amide bonds. The number of carbonyl (C=O) groups is 2. The number of alkyl halides is 3. The monoisotopic (exact) mass is 583 g/mol. The Balaban J connectivity index is 1.38. The van der Waals surface area contributed by atoms with Gasteiger partial charge in [-0.1, -0.05) is 6.07 Å². The van der Waals surface area contributed by atoms with Crippen molar-refractivity contribution in [2.24, 2.45) is 0 Å². The van der Waals surface area contributed by atoms with Crippen LogP contribution in [0.25, 0.3) is 10.2 Å². The highest BCUT2D eigenvalue weighted by atomic mass is 32.1. The number of nitrogens with two attached hydrogens (primary N) is 1. The van der Waals surface area contributed by atoms with E-state index in [1.165, 1.54) is 23.7 Å². The van der Waals surface area contributed by atoms with Gasteiger partial charge in [0.15, 0.2) is 0 Å². The molecule has 0 radical (unpaired) electrons. The van der Waals surface area contributed by atoms with Gasteiger partial charge >= 0.3 is 6.18 Å². The van der Waals surface area contributed by atoms with E-state index >= 15 is 0 Å². The number of benzene rings is 2. The van der Waals surface area contributed by atoms with E-state index in [2.05, 4.69) is 20.6 Å². The Morgan fingerprint density at radius 2 is 1.88 bits per heavy atom. The van der Waals surface area contributed by atoms with Crippen LogP contribution in [0.4, 0.5) is 36.1 Å². The second-order valence-corrected chi connectivity index (χ2v) is 11.0. The van der Waals surface area contributed by atoms with Gasteiger partial charge in [0.25, 0.3) is 11.8 Å². The number of rotatable bonds is 6. The van der Waals surface area contributed by atoms with E-state index in [0.29, 0.717) is 45.9 Å². The quantitative estimate of drug-likeness (QED) is 0.284. The lowest BCUT2D eigenvalue weighted by molar-refractivity contribution is -0.137. The van der Waals surface area contributed by atoms with Crippen LogP contribution in [0.15, 0.2) is 48.1 Å². The molecule has 1 aliphatic heterocycles. The van der Waals surface area contributed by atoms with E-state index in [-0.39, 0.29) is 17.4 Å². The van der Waals surface area contributed by atoms with E-state index in [1.54, 1.807) is 30.5 Å². The minimum absolute atomic E-state index is 0.115. The van der Waals surface area contributed by atoms with Crippen LogP contribution < -0.4 is 21.3 Å². The lowest BCUT2D eigenvalue weighted by Gasteiger charge is -2.23. The number of nitrogen functional groups attached to an aromatic ring is 1. The first-order valence-electron chi connectivity index (χ1n) is 12.8. The topological polar surface area (TPSA) is 116 Å². The summed E-state index contributed by atoms with van der Waals surface area (Å²) in [5.74, 6) is -0.845. The molecule has 1 aliphatic rings. The molecule has 2 aromatic heterocycles. The first kappa shape index (κ1) is 28.3. The SMILES string of the molecule is Cc1ccc(NC(=O)c2cc(N3CCC(N(C)C)C3)cc(C(F)(F)F)c2)cc1NC(=O)c1csc2c(N)ncnc12. The summed E-state index contributed by atoms with van der Waals surface area (Å²) < 4.78 is 41.9. The zero-order valence-electron chi connectivity index (χ0n) is 22.5. The Morgan fingerprint density at radius 3 is 2.59 bits per heavy atom. The number of anilines is 4. The Kier molecular flexibility index (Phi) is 7.58. The molecule has 0 aliphatic carbocycles. The van der Waals surface area contributed by atoms with E-state index in [0.717, 1.165) is 24.1 Å². The number of carbonyl (C=O) groups excluding carboxylic acids is 2. The molecule has 4 N–H and O–H groups in total. The van der Waals surface area contributed by atoms with Crippen LogP contribution in [0.5, 0.6) is 0 Å². The number of aromatic nitrogens is 2. The molecule has 9 nitrogen and oxygen atoms in total. The second kappa shape index (κ2) is 11.0. The van der Waals surface area contributed by atoms with Crippen molar-refractivity contribution in [3.63, 3.8) is 0 Å². The molecular formula is C28H28F3N7O2S. The molecule has 4 aromatic rings. The highest BCUT2D eigenvalue weighted by molar-refractivity contribution is 7.18. The van der Waals surface area contributed by atoms with Crippen molar-refractivity contribution in [3.8, 4) is 0 Å². The Labute approximate surface area is 238 Å². The first-order valence-corrected chi connectivity index (χ1v) is 13.6. The molecular weight excluding hydrogens is 555 g/mol. The highest BCUT2D eigenvalue weighted by Crippen LogP contribution is 2.35. The summed E-state index contributed by atoms with van der Waals surface area (Å²) in [4.78, 5) is 38.3. The van der Waals surface area contributed by atoms with E-state index in [9.17, 15) is 22.8 Å². The van der Waals surface area contributed by atoms with E-state index in [4.69, 9.17) is 5.73 Å². The van der Waals surface area contributed by atoms with Gasteiger partial charge in [0.1, 0.15) is 12.1 Å². The molecule has 41 heavy (non-hydrogen) atoms. The minimum Gasteiger partial charge on any atom is -0.382 e. The van der Waals surface area contributed by atoms with Crippen molar-refractivity contribution in [1.29, 1.82) is 0 Å². The zero-order valence-corrected chi connectivity index (χ0v) is 23.4. The Hall–Kier alpha value is -4.23. The van der Waals surface area contributed by atoms with Crippen LogP contribution in [0.3, 0.4) is 0 Å². The summed E-state index contributed by atoms with van der Waals surface area (Å²) >= 11 is 1.25. The van der Waals surface area contributed by atoms with Crippen molar-refractivity contribution in [2.75, 3.05) is 48.5 Å². The lowest BCUT2D eigenvalue weighted by Crippen LogP contribution is -2.31. The molecule has 5 rings (SSSR count). The summed E-state index contributed by atoms with van der Waals surface area (Å²) in [6, 6.07) is 8.49. The highest BCUT2D eigenvalue weighted by Gasteiger charge is 2.33. The number of halogens is 3. The van der Waals surface area contributed by atoms with Gasteiger partial charge in [0.05, 0.1) is 21.3 Å². The largest absolute Gasteiger partial charge is 0.416 e. The van der Waals surface area contributed by atoms with Crippen molar-refractivity contribution in [2.45, 2.75) is 25.6 Å². The molecule has 1 atom stereocenters. The Morgan fingerprint density at radius 1 is 1.10 bits per heavy atom. The van der Waals surface area contributed by atoms with Crippen LogP contribution in [0.2, 0.25) is 0 Å². The standard InChI is InChI=1S/C28H28F3N7O2S/c1-15-4-5-18(11-22(15)36-27(40)21-13-41-24-23(21)33-14-34-25(24)32)35-26(39)16-8-17(28(29,30)31)10-20(9-16)38-7-6-19(12-38)37(2)3/h4-5,8-11,13-14,19H,6-7,12H2,1-3H3,(H,35,39)(H,36,40)(H2,32,33,34). The fourth-order valence-corrected chi connectivity index (χ4v) is 5.65. The third kappa shape index (κ3) is 5.95. The molecule has 1 saturated heterocycles. The van der Waals surface area contributed by atoms with E-state index < -0.39 is 23.6 Å². The molecule has 1 fully saturated rings. The third-order valence-electron chi connectivity index (χ3n) is 7.14. The van der Waals surface area contributed by atoms with Crippen LogP contribution in [0, 0.1) is 6.92 Å². The maximum Gasteiger partial charge on any atom is 0.416 e. The maximum absolute atomic E-state index is 13.8. The molecule has 0 saturated carbocycles. The third-order valence-corrected chi connectivity index (χ3v) is 8.13. The average molecular weight is 584 g/mol. The maximum atomic E-state index is 13.8. The van der Waals surface area contributed by atoms with Gasteiger partial charge in [-0.25, -0.2) is 9.97 Å². The van der Waals surface area contributed by atoms with Crippen LogP contribution >= 0.6 is 11.3 Å². The number of thiophene rings is 1. The molecule has 2 aromatic carbocycles. The number of fused-ring (bicyclic) bond motifs is 1. The first-order chi connectivity index (χ1) is 19.4. The predicted molar refractivity (Wildman–Crippen MR) is 155 cm³/mol. The van der Waals surface area contributed by atoms with Gasteiger partial charge in [0.2, 0.25) is 0 Å². The lowest BCUT2D eigenvalue weighted by atomic mass is 10.1. The molecule has 214 valence electrons. The fraction of sp³-hybridized carbons (Fsp3) is 0.286. The van der Waals surface area contributed by atoms with Crippen LogP contribution in [0.1, 0.15) is 38.3 Å². The van der Waals surface area contributed by atoms with Gasteiger partial charge in [0, 0.05) is 47.1 Å². The summed E-state index contributed by atoms with van der Waals surface area (Å²) in [6.45, 7) is 2.93.